The van der Waals surface area contributed by atoms with Crippen molar-refractivity contribution in [2.45, 2.75) is 26.7 Å². The van der Waals surface area contributed by atoms with Crippen molar-refractivity contribution in [2.75, 3.05) is 0 Å². The second kappa shape index (κ2) is 2.63. The fourth-order valence-electron chi connectivity index (χ4n) is 1.48. The van der Waals surface area contributed by atoms with E-state index in [4.69, 9.17) is 0 Å². The van der Waals surface area contributed by atoms with E-state index in [1.807, 2.05) is 11.3 Å². The van der Waals surface area contributed by atoms with E-state index in [0.29, 0.717) is 5.92 Å². The molecule has 0 fully saturated rings. The molecular formula is C10H13NS. The summed E-state index contributed by atoms with van der Waals surface area (Å²) in [4.78, 5) is 3.33. The molecule has 0 amide bonds. The van der Waals surface area contributed by atoms with Crippen LogP contribution in [-0.4, -0.2) is 4.98 Å². The van der Waals surface area contributed by atoms with Gasteiger partial charge in [-0.1, -0.05) is 13.8 Å². The number of aromatic nitrogens is 1. The van der Waals surface area contributed by atoms with Gasteiger partial charge in [-0.15, -0.1) is 11.3 Å². The molecular weight excluding hydrogens is 166 g/mol. The molecule has 0 radical (unpaired) electrons. The monoisotopic (exact) mass is 179 g/mol. The van der Waals surface area contributed by atoms with Crippen LogP contribution in [0.5, 0.6) is 0 Å². The Kier molecular flexibility index (Phi) is 1.72. The lowest BCUT2D eigenvalue weighted by molar-refractivity contribution is 0.877. The third-order valence-corrected chi connectivity index (χ3v) is 3.38. The Balaban J connectivity index is 2.71. The van der Waals surface area contributed by atoms with Crippen LogP contribution in [0.25, 0.3) is 10.2 Å². The van der Waals surface area contributed by atoms with Gasteiger partial charge in [0.2, 0.25) is 0 Å². The van der Waals surface area contributed by atoms with Gasteiger partial charge in [0.25, 0.3) is 0 Å². The molecule has 0 aliphatic carbocycles. The maximum atomic E-state index is 3.33. The first-order valence-corrected chi connectivity index (χ1v) is 5.13. The number of H-pyrrole nitrogens is 1. The van der Waals surface area contributed by atoms with E-state index < -0.39 is 0 Å². The van der Waals surface area contributed by atoms with Crippen LogP contribution in [0, 0.1) is 6.92 Å². The summed E-state index contributed by atoms with van der Waals surface area (Å²) >= 11 is 1.84. The minimum Gasteiger partial charge on any atom is -0.360 e. The number of fused-ring (bicyclic) bond motifs is 1. The van der Waals surface area contributed by atoms with E-state index in [0.717, 1.165) is 0 Å². The number of thiophene rings is 1. The highest BCUT2D eigenvalue weighted by Crippen LogP contribution is 2.31. The largest absolute Gasteiger partial charge is 0.360 e. The Hall–Kier alpha value is -0.760. The van der Waals surface area contributed by atoms with E-state index >= 15 is 0 Å². The van der Waals surface area contributed by atoms with E-state index in [-0.39, 0.29) is 0 Å². The van der Waals surface area contributed by atoms with Gasteiger partial charge in [0.15, 0.2) is 0 Å². The smallest absolute Gasteiger partial charge is 0.0596 e. The summed E-state index contributed by atoms with van der Waals surface area (Å²) < 4.78 is 1.43. The third-order valence-electron chi connectivity index (χ3n) is 2.23. The molecule has 1 N–H and O–H groups in total. The van der Waals surface area contributed by atoms with E-state index in [9.17, 15) is 0 Å². The summed E-state index contributed by atoms with van der Waals surface area (Å²) in [6.07, 6.45) is 2.14. The fourth-order valence-corrected chi connectivity index (χ4v) is 2.66. The average Bonchev–Trinajstić information content (AvgIpc) is 2.53. The molecule has 0 saturated carbocycles. The second-order valence-corrected chi connectivity index (χ2v) is 4.40. The van der Waals surface area contributed by atoms with Crippen LogP contribution in [0.3, 0.4) is 0 Å². The van der Waals surface area contributed by atoms with Crippen LogP contribution in [0.15, 0.2) is 11.6 Å². The van der Waals surface area contributed by atoms with Crippen molar-refractivity contribution in [1.29, 1.82) is 0 Å². The van der Waals surface area contributed by atoms with Crippen molar-refractivity contribution in [3.05, 3.63) is 22.7 Å². The predicted octanol–water partition coefficient (Wildman–Crippen LogP) is 3.66. The maximum Gasteiger partial charge on any atom is 0.0596 e. The van der Waals surface area contributed by atoms with Crippen LogP contribution in [0.2, 0.25) is 0 Å². The van der Waals surface area contributed by atoms with Crippen LogP contribution in [0.4, 0.5) is 0 Å². The van der Waals surface area contributed by atoms with Gasteiger partial charge < -0.3 is 4.98 Å². The third kappa shape index (κ3) is 0.985. The van der Waals surface area contributed by atoms with E-state index in [2.05, 4.69) is 37.3 Å². The van der Waals surface area contributed by atoms with Gasteiger partial charge in [-0.25, -0.2) is 0 Å². The number of aromatic amines is 1. The molecule has 12 heavy (non-hydrogen) atoms. The Morgan fingerprint density at radius 2 is 2.17 bits per heavy atom. The zero-order chi connectivity index (χ0) is 8.72. The zero-order valence-corrected chi connectivity index (χ0v) is 8.46. The van der Waals surface area contributed by atoms with Crippen LogP contribution in [0.1, 0.15) is 30.9 Å². The average molecular weight is 179 g/mol. The van der Waals surface area contributed by atoms with Crippen molar-refractivity contribution in [2.24, 2.45) is 0 Å². The highest BCUT2D eigenvalue weighted by Gasteiger charge is 2.09. The summed E-state index contributed by atoms with van der Waals surface area (Å²) in [5.74, 6) is 0.622. The standard InChI is InChI=1S/C10H13NS/c1-6(2)8-4-11-9-7(3)5-12-10(8)9/h4-6,11H,1-3H3. The minimum atomic E-state index is 0.622. The van der Waals surface area contributed by atoms with Crippen molar-refractivity contribution >= 4 is 21.6 Å². The molecule has 0 aliphatic heterocycles. The SMILES string of the molecule is Cc1csc2c(C(C)C)c[nH]c12. The van der Waals surface area contributed by atoms with Gasteiger partial charge in [-0.3, -0.25) is 0 Å². The Morgan fingerprint density at radius 1 is 1.42 bits per heavy atom. The van der Waals surface area contributed by atoms with Crippen molar-refractivity contribution in [1.82, 2.24) is 4.98 Å². The molecule has 0 aliphatic rings. The molecule has 0 atom stereocenters. The van der Waals surface area contributed by atoms with Crippen molar-refractivity contribution in [3.63, 3.8) is 0 Å². The van der Waals surface area contributed by atoms with Gasteiger partial charge in [0.1, 0.15) is 0 Å². The summed E-state index contributed by atoms with van der Waals surface area (Å²) in [5.41, 5.74) is 4.13. The quantitative estimate of drug-likeness (QED) is 0.687. The minimum absolute atomic E-state index is 0.622. The number of rotatable bonds is 1. The zero-order valence-electron chi connectivity index (χ0n) is 7.64. The van der Waals surface area contributed by atoms with Gasteiger partial charge in [-0.2, -0.15) is 0 Å². The second-order valence-electron chi connectivity index (χ2n) is 3.52. The lowest BCUT2D eigenvalue weighted by atomic mass is 10.1. The van der Waals surface area contributed by atoms with E-state index in [1.54, 1.807) is 0 Å². The maximum absolute atomic E-state index is 3.33. The normalized spacial score (nSPS) is 11.7. The van der Waals surface area contributed by atoms with E-state index in [1.165, 1.54) is 21.3 Å². The topological polar surface area (TPSA) is 15.8 Å². The molecule has 2 aromatic heterocycles. The Labute approximate surface area is 76.4 Å². The van der Waals surface area contributed by atoms with Crippen LogP contribution in [-0.2, 0) is 0 Å². The first kappa shape index (κ1) is 7.87. The predicted molar refractivity (Wildman–Crippen MR) is 55.0 cm³/mol. The molecule has 2 heterocycles. The van der Waals surface area contributed by atoms with Gasteiger partial charge >= 0.3 is 0 Å². The van der Waals surface area contributed by atoms with Crippen LogP contribution >= 0.6 is 11.3 Å². The summed E-state index contributed by atoms with van der Waals surface area (Å²) in [5, 5.41) is 2.22. The summed E-state index contributed by atoms with van der Waals surface area (Å²) in [6, 6.07) is 0. The molecule has 1 nitrogen and oxygen atoms in total. The van der Waals surface area contributed by atoms with Crippen LogP contribution < -0.4 is 0 Å². The first-order valence-electron chi connectivity index (χ1n) is 4.25. The van der Waals surface area contributed by atoms with Crippen molar-refractivity contribution in [3.8, 4) is 0 Å². The molecule has 0 unspecified atom stereocenters. The van der Waals surface area contributed by atoms with Gasteiger partial charge in [-0.05, 0) is 29.3 Å². The fraction of sp³-hybridized carbons (Fsp3) is 0.400. The van der Waals surface area contributed by atoms with Crippen molar-refractivity contribution < 1.29 is 0 Å². The number of nitrogens with one attached hydrogen (secondary N) is 1. The highest BCUT2D eigenvalue weighted by atomic mass is 32.1. The first-order chi connectivity index (χ1) is 5.70. The molecule has 2 rings (SSSR count). The molecule has 0 saturated heterocycles. The number of hydrogen-bond donors (Lipinski definition) is 1. The molecule has 0 aromatic carbocycles. The summed E-state index contributed by atoms with van der Waals surface area (Å²) in [6.45, 7) is 6.62. The lowest BCUT2D eigenvalue weighted by Crippen LogP contribution is -1.80. The number of hydrogen-bond acceptors (Lipinski definition) is 1. The highest BCUT2D eigenvalue weighted by molar-refractivity contribution is 7.17. The molecule has 0 bridgehead atoms. The van der Waals surface area contributed by atoms with Gasteiger partial charge in [0.05, 0.1) is 10.2 Å². The lowest BCUT2D eigenvalue weighted by Gasteiger charge is -1.98. The molecule has 0 spiro atoms. The summed E-state index contributed by atoms with van der Waals surface area (Å²) in [7, 11) is 0. The molecule has 64 valence electrons. The molecule has 2 aromatic rings. The molecule has 2 heteroatoms. The van der Waals surface area contributed by atoms with Gasteiger partial charge in [0, 0.05) is 6.20 Å². The Morgan fingerprint density at radius 3 is 2.83 bits per heavy atom. The number of aryl methyl sites for hydroxylation is 1. The Bertz CT molecular complexity index is 395.